The third-order valence-corrected chi connectivity index (χ3v) is 6.39. The zero-order valence-electron chi connectivity index (χ0n) is 17.3. The van der Waals surface area contributed by atoms with Crippen molar-refractivity contribution in [2.45, 2.75) is 45.2 Å². The zero-order valence-corrected chi connectivity index (χ0v) is 17.3. The maximum absolute atomic E-state index is 13.1. The molecule has 2 atom stereocenters. The van der Waals surface area contributed by atoms with E-state index in [-0.39, 0.29) is 11.5 Å². The molecule has 0 N–H and O–H groups in total. The molecule has 2 fully saturated rings. The smallest absolute Gasteiger partial charge is 0.263 e. The van der Waals surface area contributed by atoms with E-state index in [1.807, 2.05) is 36.1 Å². The Balaban J connectivity index is 1.53. The number of benzene rings is 1. The predicted molar refractivity (Wildman–Crippen MR) is 111 cm³/mol. The number of ether oxygens (including phenoxy) is 2. The molecule has 154 valence electrons. The maximum Gasteiger partial charge on any atom is 0.263 e. The highest BCUT2D eigenvalue weighted by Crippen LogP contribution is 2.39. The number of aromatic nitrogens is 1. The van der Waals surface area contributed by atoms with Crippen LogP contribution in [0, 0.1) is 12.8 Å². The van der Waals surface area contributed by atoms with Crippen LogP contribution in [0.3, 0.4) is 0 Å². The van der Waals surface area contributed by atoms with Crippen molar-refractivity contribution in [3.05, 3.63) is 57.5 Å². The Labute approximate surface area is 171 Å². The standard InChI is InChI=1S/C23H28N2O4/c1-15-9-11-24(12-10-16-7-8-19(28-2)20(13-16)29-3)22(26)21(15)23(27)25-14-17-5-4-6-18(17)25/h7-9,11,13,17-18H,4-6,10,12,14H2,1-3H3/t17-,18-/m0/s1. The van der Waals surface area contributed by atoms with Crippen LogP contribution in [0.5, 0.6) is 11.5 Å². The van der Waals surface area contributed by atoms with Gasteiger partial charge in [0.1, 0.15) is 5.56 Å². The predicted octanol–water partition coefficient (Wildman–Crippen LogP) is 3.04. The summed E-state index contributed by atoms with van der Waals surface area (Å²) in [5, 5.41) is 0. The van der Waals surface area contributed by atoms with E-state index < -0.39 is 0 Å². The molecule has 2 heterocycles. The molecule has 0 unspecified atom stereocenters. The fourth-order valence-corrected chi connectivity index (χ4v) is 4.65. The average molecular weight is 396 g/mol. The molecule has 1 amide bonds. The molecular weight excluding hydrogens is 368 g/mol. The number of likely N-dealkylation sites (tertiary alicyclic amines) is 1. The van der Waals surface area contributed by atoms with Gasteiger partial charge in [-0.2, -0.15) is 0 Å². The molecule has 29 heavy (non-hydrogen) atoms. The van der Waals surface area contributed by atoms with Gasteiger partial charge in [-0.1, -0.05) is 12.5 Å². The van der Waals surface area contributed by atoms with Gasteiger partial charge in [0, 0.05) is 25.3 Å². The second kappa shape index (κ2) is 7.93. The van der Waals surface area contributed by atoms with Crippen LogP contribution >= 0.6 is 0 Å². The minimum atomic E-state index is -0.197. The molecule has 6 heteroatoms. The molecule has 6 nitrogen and oxygen atoms in total. The Hall–Kier alpha value is -2.76. The van der Waals surface area contributed by atoms with Crippen molar-refractivity contribution in [1.29, 1.82) is 0 Å². The Morgan fingerprint density at radius 2 is 1.93 bits per heavy atom. The van der Waals surface area contributed by atoms with Crippen LogP contribution in [0.1, 0.15) is 40.7 Å². The van der Waals surface area contributed by atoms with Crippen LogP contribution in [-0.4, -0.2) is 42.2 Å². The fraction of sp³-hybridized carbons (Fsp3) is 0.478. The van der Waals surface area contributed by atoms with Gasteiger partial charge in [-0.25, -0.2) is 0 Å². The fourth-order valence-electron chi connectivity index (χ4n) is 4.65. The van der Waals surface area contributed by atoms with Crippen LogP contribution in [-0.2, 0) is 13.0 Å². The lowest BCUT2D eigenvalue weighted by atomic mass is 9.90. The van der Waals surface area contributed by atoms with E-state index in [1.54, 1.807) is 25.0 Å². The van der Waals surface area contributed by atoms with Crippen LogP contribution < -0.4 is 15.0 Å². The zero-order chi connectivity index (χ0) is 20.5. The topological polar surface area (TPSA) is 60.8 Å². The van der Waals surface area contributed by atoms with Crippen molar-refractivity contribution < 1.29 is 14.3 Å². The van der Waals surface area contributed by atoms with Gasteiger partial charge in [0.2, 0.25) is 0 Å². The minimum Gasteiger partial charge on any atom is -0.493 e. The summed E-state index contributed by atoms with van der Waals surface area (Å²) in [7, 11) is 3.21. The summed E-state index contributed by atoms with van der Waals surface area (Å²) in [6, 6.07) is 7.96. The maximum atomic E-state index is 13.1. The third kappa shape index (κ3) is 3.52. The monoisotopic (exact) mass is 396 g/mol. The number of carbonyl (C=O) groups excluding carboxylic acids is 1. The molecule has 2 aromatic rings. The van der Waals surface area contributed by atoms with Gasteiger partial charge in [-0.15, -0.1) is 0 Å². The molecule has 0 radical (unpaired) electrons. The van der Waals surface area contributed by atoms with Gasteiger partial charge in [0.05, 0.1) is 14.2 Å². The number of methoxy groups -OCH3 is 2. The number of hydrogen-bond donors (Lipinski definition) is 0. The number of hydrogen-bond acceptors (Lipinski definition) is 4. The molecule has 1 aliphatic heterocycles. The summed E-state index contributed by atoms with van der Waals surface area (Å²) in [6.45, 7) is 3.14. The van der Waals surface area contributed by atoms with Gasteiger partial charge in [0.25, 0.3) is 11.5 Å². The molecule has 1 aromatic carbocycles. The first-order valence-corrected chi connectivity index (χ1v) is 10.3. The molecule has 2 aliphatic rings. The summed E-state index contributed by atoms with van der Waals surface area (Å²) in [5.41, 5.74) is 1.92. The van der Waals surface area contributed by atoms with Crippen LogP contribution in [0.25, 0.3) is 0 Å². The number of pyridine rings is 1. The number of amides is 1. The van der Waals surface area contributed by atoms with Crippen molar-refractivity contribution in [1.82, 2.24) is 9.47 Å². The second-order valence-corrected chi connectivity index (χ2v) is 8.03. The number of aryl methyl sites for hydroxylation is 3. The van der Waals surface area contributed by atoms with E-state index >= 15 is 0 Å². The van der Waals surface area contributed by atoms with Crippen LogP contribution in [0.2, 0.25) is 0 Å². The Morgan fingerprint density at radius 1 is 1.14 bits per heavy atom. The van der Waals surface area contributed by atoms with Gasteiger partial charge >= 0.3 is 0 Å². The largest absolute Gasteiger partial charge is 0.493 e. The molecule has 1 aromatic heterocycles. The average Bonchev–Trinajstić information content (AvgIpc) is 3.07. The molecule has 4 rings (SSSR count). The quantitative estimate of drug-likeness (QED) is 0.753. The third-order valence-electron chi connectivity index (χ3n) is 6.39. The number of carbonyl (C=O) groups is 1. The summed E-state index contributed by atoms with van der Waals surface area (Å²) in [5.74, 6) is 1.88. The number of rotatable bonds is 6. The highest BCUT2D eigenvalue weighted by molar-refractivity contribution is 5.96. The normalized spacial score (nSPS) is 20.2. The number of nitrogens with zero attached hydrogens (tertiary/aromatic N) is 2. The Kier molecular flexibility index (Phi) is 5.35. The summed E-state index contributed by atoms with van der Waals surface area (Å²) in [4.78, 5) is 28.1. The van der Waals surface area contributed by atoms with E-state index in [0.29, 0.717) is 42.0 Å². The lowest BCUT2D eigenvalue weighted by Gasteiger charge is -2.44. The molecule has 0 bridgehead atoms. The first kappa shape index (κ1) is 19.6. The van der Waals surface area contributed by atoms with E-state index in [2.05, 4.69) is 0 Å². The lowest BCUT2D eigenvalue weighted by molar-refractivity contribution is 0.0266. The molecule has 1 saturated heterocycles. The Morgan fingerprint density at radius 3 is 2.66 bits per heavy atom. The molecule has 1 saturated carbocycles. The van der Waals surface area contributed by atoms with Crippen molar-refractivity contribution in [2.24, 2.45) is 5.92 Å². The summed E-state index contributed by atoms with van der Waals surface area (Å²) in [6.07, 6.45) is 5.89. The first-order chi connectivity index (χ1) is 14.0. The van der Waals surface area contributed by atoms with E-state index in [0.717, 1.165) is 24.1 Å². The van der Waals surface area contributed by atoms with E-state index in [1.165, 1.54) is 12.8 Å². The highest BCUT2D eigenvalue weighted by Gasteiger charge is 2.45. The highest BCUT2D eigenvalue weighted by atomic mass is 16.5. The van der Waals surface area contributed by atoms with Crippen molar-refractivity contribution in [3.63, 3.8) is 0 Å². The van der Waals surface area contributed by atoms with Gasteiger partial charge in [0.15, 0.2) is 11.5 Å². The summed E-state index contributed by atoms with van der Waals surface area (Å²) >= 11 is 0. The van der Waals surface area contributed by atoms with Crippen molar-refractivity contribution >= 4 is 5.91 Å². The molecule has 1 aliphatic carbocycles. The van der Waals surface area contributed by atoms with Crippen LogP contribution in [0.15, 0.2) is 35.3 Å². The second-order valence-electron chi connectivity index (χ2n) is 8.03. The van der Waals surface area contributed by atoms with Crippen LogP contribution in [0.4, 0.5) is 0 Å². The lowest BCUT2D eigenvalue weighted by Crippen LogP contribution is -2.57. The van der Waals surface area contributed by atoms with E-state index in [9.17, 15) is 9.59 Å². The number of fused-ring (bicyclic) bond motifs is 1. The minimum absolute atomic E-state index is 0.101. The first-order valence-electron chi connectivity index (χ1n) is 10.3. The van der Waals surface area contributed by atoms with Gasteiger partial charge < -0.3 is 18.9 Å². The molecular formula is C23H28N2O4. The SMILES string of the molecule is COc1ccc(CCn2ccc(C)c(C(=O)N3C[C@@H]4CCC[C@@H]43)c2=O)cc1OC. The van der Waals surface area contributed by atoms with Gasteiger partial charge in [-0.05, 0) is 61.4 Å². The summed E-state index contributed by atoms with van der Waals surface area (Å²) < 4.78 is 12.3. The Bertz CT molecular complexity index is 981. The van der Waals surface area contributed by atoms with Crippen molar-refractivity contribution in [2.75, 3.05) is 20.8 Å². The molecule has 0 spiro atoms. The van der Waals surface area contributed by atoms with Gasteiger partial charge in [-0.3, -0.25) is 9.59 Å². The van der Waals surface area contributed by atoms with E-state index in [4.69, 9.17) is 9.47 Å². The van der Waals surface area contributed by atoms with Crippen molar-refractivity contribution in [3.8, 4) is 11.5 Å².